The van der Waals surface area contributed by atoms with Crippen molar-refractivity contribution in [3.63, 3.8) is 0 Å². The van der Waals surface area contributed by atoms with Gasteiger partial charge in [-0.1, -0.05) is 32.0 Å². The molecule has 0 bridgehead atoms. The van der Waals surface area contributed by atoms with Crippen LogP contribution in [0, 0.1) is 5.92 Å². The average molecular weight is 285 g/mol. The van der Waals surface area contributed by atoms with Crippen molar-refractivity contribution in [3.8, 4) is 11.7 Å². The number of carboxylic acid groups (broad SMARTS) is 1. The highest BCUT2D eigenvalue weighted by Gasteiger charge is 2.22. The minimum absolute atomic E-state index is 0.112. The van der Waals surface area contributed by atoms with Crippen LogP contribution in [0.5, 0.6) is 0 Å². The molecule has 1 aromatic carbocycles. The Morgan fingerprint density at radius 2 is 2.05 bits per heavy atom. The summed E-state index contributed by atoms with van der Waals surface area (Å²) in [6.07, 6.45) is 0.547. The minimum Gasteiger partial charge on any atom is -0.475 e. The largest absolute Gasteiger partial charge is 0.475 e. The van der Waals surface area contributed by atoms with E-state index >= 15 is 0 Å². The van der Waals surface area contributed by atoms with E-state index in [0.717, 1.165) is 5.39 Å². The van der Waals surface area contributed by atoms with E-state index in [1.807, 2.05) is 38.1 Å². The number of nitrogens with zero attached hydrogens (tertiary/aromatic N) is 1. The van der Waals surface area contributed by atoms with Crippen LogP contribution >= 0.6 is 0 Å². The Kier molecular flexibility index (Phi) is 3.25. The quantitative estimate of drug-likeness (QED) is 0.784. The zero-order valence-electron chi connectivity index (χ0n) is 11.8. The Labute approximate surface area is 121 Å². The molecule has 0 atom stereocenters. The van der Waals surface area contributed by atoms with Gasteiger partial charge >= 0.3 is 5.97 Å². The predicted molar refractivity (Wildman–Crippen MR) is 77.2 cm³/mol. The Hall–Kier alpha value is -2.56. The van der Waals surface area contributed by atoms with Gasteiger partial charge in [-0.15, -0.1) is 0 Å². The maximum atomic E-state index is 11.3. The average Bonchev–Trinajstić information content (AvgIpc) is 3.00. The van der Waals surface area contributed by atoms with Crippen molar-refractivity contribution in [1.82, 2.24) is 4.98 Å². The van der Waals surface area contributed by atoms with Crippen LogP contribution in [0.3, 0.4) is 0 Å². The molecular formula is C16H15NO4. The Bertz CT molecular complexity index is 765. The topological polar surface area (TPSA) is 76.5 Å². The highest BCUT2D eigenvalue weighted by atomic mass is 16.4. The van der Waals surface area contributed by atoms with Crippen LogP contribution in [0.4, 0.5) is 0 Å². The number of hydrogen-bond acceptors (Lipinski definition) is 4. The van der Waals surface area contributed by atoms with Crippen molar-refractivity contribution >= 4 is 16.9 Å². The zero-order valence-corrected chi connectivity index (χ0v) is 11.8. The summed E-state index contributed by atoms with van der Waals surface area (Å²) < 4.78 is 11.0. The molecule has 5 nitrogen and oxygen atoms in total. The third-order valence-electron chi connectivity index (χ3n) is 3.13. The van der Waals surface area contributed by atoms with Crippen molar-refractivity contribution in [2.24, 2.45) is 5.92 Å². The Morgan fingerprint density at radius 1 is 1.29 bits per heavy atom. The van der Waals surface area contributed by atoms with Crippen molar-refractivity contribution in [3.05, 3.63) is 41.8 Å². The number of aromatic nitrogens is 1. The first-order chi connectivity index (χ1) is 10.0. The summed E-state index contributed by atoms with van der Waals surface area (Å²) in [5.41, 5.74) is 1.17. The van der Waals surface area contributed by atoms with Gasteiger partial charge in [-0.2, -0.15) is 0 Å². The smallest absolute Gasteiger partial charge is 0.373 e. The van der Waals surface area contributed by atoms with Gasteiger partial charge in [0.25, 0.3) is 5.89 Å². The number of rotatable bonds is 4. The number of para-hydroxylation sites is 1. The normalized spacial score (nSPS) is 11.4. The van der Waals surface area contributed by atoms with Crippen molar-refractivity contribution in [1.29, 1.82) is 0 Å². The van der Waals surface area contributed by atoms with Gasteiger partial charge in [-0.25, -0.2) is 9.78 Å². The van der Waals surface area contributed by atoms with Gasteiger partial charge in [0.2, 0.25) is 5.76 Å². The first-order valence-corrected chi connectivity index (χ1v) is 6.76. The van der Waals surface area contributed by atoms with Gasteiger partial charge in [0.1, 0.15) is 5.58 Å². The maximum absolute atomic E-state index is 11.3. The van der Waals surface area contributed by atoms with Gasteiger partial charge in [-0.05, 0) is 24.5 Å². The molecule has 3 rings (SSSR count). The van der Waals surface area contributed by atoms with Crippen LogP contribution < -0.4 is 0 Å². The summed E-state index contributed by atoms with van der Waals surface area (Å²) in [4.78, 5) is 15.6. The predicted octanol–water partition coefficient (Wildman–Crippen LogP) is 3.98. The molecule has 0 aliphatic heterocycles. The Morgan fingerprint density at radius 3 is 2.71 bits per heavy atom. The summed E-state index contributed by atoms with van der Waals surface area (Å²) in [7, 11) is 0. The van der Waals surface area contributed by atoms with Gasteiger partial charge in [0, 0.05) is 5.39 Å². The highest BCUT2D eigenvalue weighted by Crippen LogP contribution is 2.29. The van der Waals surface area contributed by atoms with Crippen LogP contribution in [0.2, 0.25) is 0 Å². The third-order valence-corrected chi connectivity index (χ3v) is 3.13. The lowest BCUT2D eigenvalue weighted by molar-refractivity contribution is 0.0661. The van der Waals surface area contributed by atoms with Gasteiger partial charge in [-0.3, -0.25) is 0 Å². The Balaban J connectivity index is 2.07. The molecule has 0 aliphatic rings. The van der Waals surface area contributed by atoms with E-state index in [-0.39, 0.29) is 17.6 Å². The van der Waals surface area contributed by atoms with Crippen LogP contribution in [0.15, 0.2) is 39.2 Å². The molecule has 0 saturated heterocycles. The standard InChI is InChI=1S/C16H15NO4/c1-9(2)7-11-14(16(18)19)21-15(17-11)13-8-10-5-3-4-6-12(10)20-13/h3-6,8-9H,7H2,1-2H3,(H,18,19). The summed E-state index contributed by atoms with van der Waals surface area (Å²) in [5, 5.41) is 10.1. The summed E-state index contributed by atoms with van der Waals surface area (Å²) in [5.74, 6) is -0.288. The van der Waals surface area contributed by atoms with E-state index in [4.69, 9.17) is 8.83 Å². The third kappa shape index (κ3) is 2.54. The number of benzene rings is 1. The number of carboxylic acids is 1. The number of furan rings is 1. The number of oxazole rings is 1. The number of fused-ring (bicyclic) bond motifs is 1. The fourth-order valence-corrected chi connectivity index (χ4v) is 2.24. The second kappa shape index (κ2) is 5.09. The second-order valence-electron chi connectivity index (χ2n) is 5.35. The summed E-state index contributed by atoms with van der Waals surface area (Å²) >= 11 is 0. The molecule has 2 aromatic heterocycles. The van der Waals surface area contributed by atoms with Crippen molar-refractivity contribution < 1.29 is 18.7 Å². The van der Waals surface area contributed by atoms with Crippen LogP contribution in [-0.2, 0) is 6.42 Å². The van der Waals surface area contributed by atoms with E-state index in [2.05, 4.69) is 4.98 Å². The molecule has 21 heavy (non-hydrogen) atoms. The van der Waals surface area contributed by atoms with Gasteiger partial charge in [0.05, 0.1) is 5.69 Å². The zero-order chi connectivity index (χ0) is 15.0. The molecule has 0 spiro atoms. The molecule has 5 heteroatoms. The number of hydrogen-bond donors (Lipinski definition) is 1. The van der Waals surface area contributed by atoms with Crippen LogP contribution in [-0.4, -0.2) is 16.1 Å². The van der Waals surface area contributed by atoms with Crippen molar-refractivity contribution in [2.45, 2.75) is 20.3 Å². The first kappa shape index (κ1) is 13.4. The number of aromatic carboxylic acids is 1. The van der Waals surface area contributed by atoms with Crippen molar-refractivity contribution in [2.75, 3.05) is 0 Å². The molecule has 0 aliphatic carbocycles. The van der Waals surface area contributed by atoms with E-state index < -0.39 is 5.97 Å². The molecule has 3 aromatic rings. The lowest BCUT2D eigenvalue weighted by Gasteiger charge is -1.99. The highest BCUT2D eigenvalue weighted by molar-refractivity contribution is 5.86. The summed E-state index contributed by atoms with van der Waals surface area (Å²) in [6.45, 7) is 4.00. The minimum atomic E-state index is -1.11. The molecule has 0 amide bonds. The van der Waals surface area contributed by atoms with E-state index in [1.165, 1.54) is 0 Å². The SMILES string of the molecule is CC(C)Cc1nc(-c2cc3ccccc3o2)oc1C(=O)O. The molecule has 0 saturated carbocycles. The van der Waals surface area contributed by atoms with E-state index in [1.54, 1.807) is 6.07 Å². The lowest BCUT2D eigenvalue weighted by Crippen LogP contribution is -2.03. The molecule has 0 unspecified atom stereocenters. The van der Waals surface area contributed by atoms with Crippen LogP contribution in [0.1, 0.15) is 30.1 Å². The second-order valence-corrected chi connectivity index (χ2v) is 5.35. The fraction of sp³-hybridized carbons (Fsp3) is 0.250. The lowest BCUT2D eigenvalue weighted by atomic mass is 10.1. The first-order valence-electron chi connectivity index (χ1n) is 6.76. The van der Waals surface area contributed by atoms with E-state index in [0.29, 0.717) is 23.5 Å². The molecule has 0 radical (unpaired) electrons. The summed E-state index contributed by atoms with van der Waals surface area (Å²) in [6, 6.07) is 9.33. The molecular weight excluding hydrogens is 270 g/mol. The molecule has 0 fully saturated rings. The van der Waals surface area contributed by atoms with E-state index in [9.17, 15) is 9.90 Å². The fourth-order valence-electron chi connectivity index (χ4n) is 2.24. The molecule has 108 valence electrons. The van der Waals surface area contributed by atoms with Gasteiger partial charge < -0.3 is 13.9 Å². The molecule has 1 N–H and O–H groups in total. The van der Waals surface area contributed by atoms with Gasteiger partial charge in [0.15, 0.2) is 5.76 Å². The number of carbonyl (C=O) groups is 1. The monoisotopic (exact) mass is 285 g/mol. The molecule has 2 heterocycles. The maximum Gasteiger partial charge on any atom is 0.373 e. The van der Waals surface area contributed by atoms with Crippen LogP contribution in [0.25, 0.3) is 22.6 Å².